The number of hydrogen-bond donors (Lipinski definition) is 2. The molecule has 1 aromatic heterocycles. The second kappa shape index (κ2) is 7.45. The van der Waals surface area contributed by atoms with Crippen molar-refractivity contribution >= 4 is 29.1 Å². The van der Waals surface area contributed by atoms with E-state index in [0.717, 1.165) is 11.4 Å². The Labute approximate surface area is 156 Å². The SMILES string of the molecule is Cc1ccc(C)n1NC(=O)c1cccc(NC(=O)c2ccccc2Cl)c1. The van der Waals surface area contributed by atoms with E-state index in [4.69, 9.17) is 11.6 Å². The molecule has 0 atom stereocenters. The van der Waals surface area contributed by atoms with Gasteiger partial charge in [-0.05, 0) is 56.3 Å². The zero-order valence-electron chi connectivity index (χ0n) is 14.4. The number of nitrogens with zero attached hydrogens (tertiary/aromatic N) is 1. The number of aromatic nitrogens is 1. The van der Waals surface area contributed by atoms with E-state index in [1.165, 1.54) is 0 Å². The van der Waals surface area contributed by atoms with Crippen LogP contribution in [-0.4, -0.2) is 16.5 Å². The van der Waals surface area contributed by atoms with Gasteiger partial charge in [-0.25, -0.2) is 0 Å². The molecule has 132 valence electrons. The molecule has 5 nitrogen and oxygen atoms in total. The summed E-state index contributed by atoms with van der Waals surface area (Å²) >= 11 is 6.05. The lowest BCUT2D eigenvalue weighted by molar-refractivity contribution is 0.100. The predicted molar refractivity (Wildman–Crippen MR) is 103 cm³/mol. The maximum Gasteiger partial charge on any atom is 0.270 e. The third-order valence-electron chi connectivity index (χ3n) is 3.99. The van der Waals surface area contributed by atoms with Gasteiger partial charge in [-0.15, -0.1) is 0 Å². The Bertz CT molecular complexity index is 959. The zero-order valence-corrected chi connectivity index (χ0v) is 15.2. The molecule has 0 aliphatic heterocycles. The Morgan fingerprint density at radius 3 is 2.27 bits per heavy atom. The van der Waals surface area contributed by atoms with Crippen LogP contribution in [0.1, 0.15) is 32.1 Å². The monoisotopic (exact) mass is 367 g/mol. The van der Waals surface area contributed by atoms with Crippen LogP contribution in [0.4, 0.5) is 5.69 Å². The number of halogens is 1. The molecule has 0 fully saturated rings. The van der Waals surface area contributed by atoms with Gasteiger partial charge in [0.15, 0.2) is 0 Å². The number of carbonyl (C=O) groups excluding carboxylic acids is 2. The maximum absolute atomic E-state index is 12.5. The molecule has 0 saturated heterocycles. The molecule has 2 amide bonds. The summed E-state index contributed by atoms with van der Waals surface area (Å²) in [5.74, 6) is -0.591. The van der Waals surface area contributed by atoms with Gasteiger partial charge >= 0.3 is 0 Å². The van der Waals surface area contributed by atoms with Crippen molar-refractivity contribution in [2.45, 2.75) is 13.8 Å². The molecule has 0 bridgehead atoms. The van der Waals surface area contributed by atoms with Crippen LogP contribution in [0.2, 0.25) is 5.02 Å². The van der Waals surface area contributed by atoms with E-state index < -0.39 is 0 Å². The third kappa shape index (κ3) is 3.78. The topological polar surface area (TPSA) is 63.1 Å². The van der Waals surface area contributed by atoms with Crippen LogP contribution in [0.25, 0.3) is 0 Å². The molecular weight excluding hydrogens is 350 g/mol. The van der Waals surface area contributed by atoms with Crippen LogP contribution in [0.3, 0.4) is 0 Å². The van der Waals surface area contributed by atoms with Crippen LogP contribution in [0.5, 0.6) is 0 Å². The molecule has 3 aromatic rings. The number of aryl methyl sites for hydroxylation is 2. The average molecular weight is 368 g/mol. The summed E-state index contributed by atoms with van der Waals surface area (Å²) in [6, 6.07) is 17.4. The van der Waals surface area contributed by atoms with Gasteiger partial charge in [-0.2, -0.15) is 0 Å². The van der Waals surface area contributed by atoms with Crippen LogP contribution in [0.15, 0.2) is 60.7 Å². The number of anilines is 1. The Morgan fingerprint density at radius 2 is 1.58 bits per heavy atom. The number of benzene rings is 2. The van der Waals surface area contributed by atoms with Crippen molar-refractivity contribution in [2.75, 3.05) is 10.7 Å². The summed E-state index contributed by atoms with van der Waals surface area (Å²) in [4.78, 5) is 24.9. The first-order chi connectivity index (χ1) is 12.5. The summed E-state index contributed by atoms with van der Waals surface area (Å²) in [7, 11) is 0. The highest BCUT2D eigenvalue weighted by Gasteiger charge is 2.12. The molecule has 3 rings (SSSR count). The molecule has 6 heteroatoms. The maximum atomic E-state index is 12.5. The van der Waals surface area contributed by atoms with Crippen LogP contribution >= 0.6 is 11.6 Å². The second-order valence-corrected chi connectivity index (χ2v) is 6.31. The molecule has 2 aromatic carbocycles. The van der Waals surface area contributed by atoms with Gasteiger partial charge in [-0.1, -0.05) is 29.8 Å². The van der Waals surface area contributed by atoms with Crippen LogP contribution < -0.4 is 10.7 Å². The summed E-state index contributed by atoms with van der Waals surface area (Å²) < 4.78 is 1.72. The standard InChI is InChI=1S/C20H18ClN3O2/c1-13-10-11-14(2)24(13)23-19(25)15-6-5-7-16(12-15)22-20(26)17-8-3-4-9-18(17)21/h3-12H,1-2H3,(H,22,26)(H,23,25). The van der Waals surface area contributed by atoms with Gasteiger partial charge in [0, 0.05) is 22.6 Å². The minimum Gasteiger partial charge on any atom is -0.322 e. The van der Waals surface area contributed by atoms with Gasteiger partial charge in [-0.3, -0.25) is 19.7 Å². The molecule has 0 saturated carbocycles. The largest absolute Gasteiger partial charge is 0.322 e. The lowest BCUT2D eigenvalue weighted by Crippen LogP contribution is -2.24. The summed E-state index contributed by atoms with van der Waals surface area (Å²) in [5.41, 5.74) is 6.03. The smallest absolute Gasteiger partial charge is 0.270 e. The molecule has 0 aliphatic rings. The first kappa shape index (κ1) is 17.8. The van der Waals surface area contributed by atoms with Crippen molar-refractivity contribution in [1.82, 2.24) is 4.68 Å². The number of hydrogen-bond acceptors (Lipinski definition) is 2. The Balaban J connectivity index is 1.77. The van der Waals surface area contributed by atoms with E-state index in [1.54, 1.807) is 53.2 Å². The fraction of sp³-hybridized carbons (Fsp3) is 0.100. The Hall–Kier alpha value is -3.05. The van der Waals surface area contributed by atoms with E-state index in [-0.39, 0.29) is 11.8 Å². The van der Waals surface area contributed by atoms with E-state index in [0.29, 0.717) is 21.8 Å². The molecule has 0 radical (unpaired) electrons. The molecular formula is C20H18ClN3O2. The lowest BCUT2D eigenvalue weighted by Gasteiger charge is -2.12. The highest BCUT2D eigenvalue weighted by Crippen LogP contribution is 2.18. The molecule has 1 heterocycles. The van der Waals surface area contributed by atoms with E-state index in [1.807, 2.05) is 26.0 Å². The fourth-order valence-electron chi connectivity index (χ4n) is 2.59. The van der Waals surface area contributed by atoms with Crippen molar-refractivity contribution in [1.29, 1.82) is 0 Å². The molecule has 26 heavy (non-hydrogen) atoms. The fourth-order valence-corrected chi connectivity index (χ4v) is 2.81. The van der Waals surface area contributed by atoms with Gasteiger partial charge in [0.2, 0.25) is 0 Å². The number of carbonyl (C=O) groups is 2. The second-order valence-electron chi connectivity index (χ2n) is 5.91. The highest BCUT2D eigenvalue weighted by atomic mass is 35.5. The summed E-state index contributed by atoms with van der Waals surface area (Å²) in [5, 5.41) is 3.14. The van der Waals surface area contributed by atoms with Gasteiger partial charge < -0.3 is 5.32 Å². The first-order valence-electron chi connectivity index (χ1n) is 8.08. The van der Waals surface area contributed by atoms with Crippen molar-refractivity contribution in [3.63, 3.8) is 0 Å². The van der Waals surface area contributed by atoms with E-state index in [9.17, 15) is 9.59 Å². The molecule has 0 aliphatic carbocycles. The first-order valence-corrected chi connectivity index (χ1v) is 8.46. The number of nitrogens with one attached hydrogen (secondary N) is 2. The van der Waals surface area contributed by atoms with Crippen molar-refractivity contribution < 1.29 is 9.59 Å². The van der Waals surface area contributed by atoms with Gasteiger partial charge in [0.1, 0.15) is 0 Å². The van der Waals surface area contributed by atoms with E-state index in [2.05, 4.69) is 10.7 Å². The van der Waals surface area contributed by atoms with Crippen LogP contribution in [0, 0.1) is 13.8 Å². The quantitative estimate of drug-likeness (QED) is 0.718. The molecule has 2 N–H and O–H groups in total. The van der Waals surface area contributed by atoms with Gasteiger partial charge in [0.25, 0.3) is 11.8 Å². The van der Waals surface area contributed by atoms with Crippen molar-refractivity contribution in [2.24, 2.45) is 0 Å². The Kier molecular flexibility index (Phi) is 5.09. The van der Waals surface area contributed by atoms with Crippen molar-refractivity contribution in [3.8, 4) is 0 Å². The van der Waals surface area contributed by atoms with E-state index >= 15 is 0 Å². The highest BCUT2D eigenvalue weighted by molar-refractivity contribution is 6.34. The number of amides is 2. The normalized spacial score (nSPS) is 10.4. The summed E-state index contributed by atoms with van der Waals surface area (Å²) in [6.07, 6.45) is 0. The minimum atomic E-state index is -0.328. The number of rotatable bonds is 4. The molecule has 0 unspecified atom stereocenters. The molecule has 0 spiro atoms. The van der Waals surface area contributed by atoms with Crippen LogP contribution in [-0.2, 0) is 0 Å². The Morgan fingerprint density at radius 1 is 0.885 bits per heavy atom. The summed E-state index contributed by atoms with van der Waals surface area (Å²) in [6.45, 7) is 3.82. The predicted octanol–water partition coefficient (Wildman–Crippen LogP) is 4.39. The minimum absolute atomic E-state index is 0.263. The zero-order chi connectivity index (χ0) is 18.7. The van der Waals surface area contributed by atoms with Gasteiger partial charge in [0.05, 0.1) is 10.6 Å². The average Bonchev–Trinajstić information content (AvgIpc) is 2.94. The van der Waals surface area contributed by atoms with Crippen molar-refractivity contribution in [3.05, 3.63) is 88.2 Å². The lowest BCUT2D eigenvalue weighted by atomic mass is 10.1. The third-order valence-corrected chi connectivity index (χ3v) is 4.32.